The van der Waals surface area contributed by atoms with Gasteiger partial charge in [-0.15, -0.1) is 0 Å². The van der Waals surface area contributed by atoms with Crippen molar-refractivity contribution in [3.05, 3.63) is 296 Å². The average Bonchev–Trinajstić information content (AvgIpc) is 1.54. The van der Waals surface area contributed by atoms with E-state index in [4.69, 9.17) is 50.2 Å². The van der Waals surface area contributed by atoms with Crippen LogP contribution in [0.3, 0.4) is 0 Å². The zero-order valence-corrected chi connectivity index (χ0v) is 80.7. The van der Waals surface area contributed by atoms with Gasteiger partial charge in [0.15, 0.2) is 0 Å². The summed E-state index contributed by atoms with van der Waals surface area (Å²) in [4.78, 5) is 103. The van der Waals surface area contributed by atoms with Gasteiger partial charge in [-0.1, -0.05) is 168 Å². The average molecular weight is 1930 g/mol. The highest BCUT2D eigenvalue weighted by Gasteiger charge is 2.33. The van der Waals surface area contributed by atoms with E-state index in [9.17, 15) is 87.0 Å². The Kier molecular flexibility index (Phi) is 53.2. The number of anilines is 2. The van der Waals surface area contributed by atoms with Gasteiger partial charge in [0.2, 0.25) is 0 Å². The Hall–Kier alpha value is -14.9. The second-order valence-corrected chi connectivity index (χ2v) is 31.3. The summed E-state index contributed by atoms with van der Waals surface area (Å²) in [6.07, 6.45) is 3.36. The van der Waals surface area contributed by atoms with Gasteiger partial charge in [0.25, 0.3) is 47.0 Å². The molecule has 10 rings (SSSR count). The van der Waals surface area contributed by atoms with Gasteiger partial charge in [0.05, 0.1) is 120 Å². The fourth-order valence-electron chi connectivity index (χ4n) is 11.7. The predicted molar refractivity (Wildman–Crippen MR) is 520 cm³/mol. The number of hydrogen-bond donors (Lipinski definition) is 2. The molecule has 0 unspecified atom stereocenters. The van der Waals surface area contributed by atoms with Crippen LogP contribution in [0.15, 0.2) is 187 Å². The van der Waals surface area contributed by atoms with Crippen LogP contribution < -0.4 is 11.5 Å². The molecule has 4 N–H and O–H groups in total. The highest BCUT2D eigenvalue weighted by atomic mass is 19.3. The van der Waals surface area contributed by atoms with Crippen molar-refractivity contribution in [3.8, 4) is 0 Å². The highest BCUT2D eigenvalue weighted by molar-refractivity contribution is 5.83. The summed E-state index contributed by atoms with van der Waals surface area (Å²) >= 11 is 0. The third kappa shape index (κ3) is 42.3. The van der Waals surface area contributed by atoms with E-state index in [1.54, 1.807) is 97.0 Å². The van der Waals surface area contributed by atoms with Crippen molar-refractivity contribution in [3.63, 3.8) is 0 Å². The molecule has 138 heavy (non-hydrogen) atoms. The summed E-state index contributed by atoms with van der Waals surface area (Å²) in [5.41, 5.74) is 23.9. The molecule has 0 heterocycles. The summed E-state index contributed by atoms with van der Waals surface area (Å²) in [6, 6.07) is 36.7. The van der Waals surface area contributed by atoms with Gasteiger partial charge in [-0.05, 0) is 206 Å². The second-order valence-electron chi connectivity index (χ2n) is 31.3. The standard InChI is InChI=1S/C14H18N2O3.C13H16N2O3.C13H18N2O3.C12H14F2N2O3.C12H16N2O3.C11H12F2N2O3.C11H15FN2O.C10H13FN2O/c1-3-10(2)15-19-9-13-12(11-7-8-11)5-4-6-14(13)16(17)18;1-9(2)14-18-8-12-11(10-6-7-10)4-3-5-13(12)15(16)17;1-4-10(3)14-18-9-12-11(5-2)7-6-8-13(12)15(16)17;1-3-8(2)15-19-7-10-9(12(13)14)5-4-6-11(10)16(17)18;1-4-10-6-5-7-12(14(15)16)11(10)8-17-13-9(2)3;1-7(2)14-18-6-9-8(11(12)13)4-3-5-10(9)15(16)17;1-3-8(2)14-15-7-9-10(12)5-4-6-11(9)13;1-7(2)13-14-6-8-9(11)4-3-5-10(8)12/h4-6,11H,3,7-9H2,1-2H3;3-5,10H,6-8H2,1-2H3;6-8H,4-5,9H2,1-3H3;4-6,12H,3,7H2,1-2H3;5-7H,4,8H2,1-3H3;3-5,11H,6H2,1-2H3;4-6H,3,7,13H2,1-2H3;3-5H,6,12H2,1-2H3. The molecule has 2 aliphatic carbocycles. The number of nitrogens with two attached hydrogens (primary N) is 2. The number of nitro groups is 6. The van der Waals surface area contributed by atoms with E-state index in [1.807, 2.05) is 100 Å². The number of aryl methyl sites for hydroxylation is 2. The molecule has 2 aliphatic rings. The van der Waals surface area contributed by atoms with Crippen molar-refractivity contribution in [2.24, 2.45) is 41.2 Å². The quantitative estimate of drug-likeness (QED) is 0.0118. The maximum absolute atomic E-state index is 13.2. The van der Waals surface area contributed by atoms with Crippen molar-refractivity contribution < 1.29 is 94.6 Å². The molecule has 0 amide bonds. The second kappa shape index (κ2) is 62.6. The zero-order valence-electron chi connectivity index (χ0n) is 80.7. The first-order chi connectivity index (χ1) is 65.5. The number of halogens is 6. The van der Waals surface area contributed by atoms with Gasteiger partial charge in [0, 0.05) is 58.9 Å². The molecule has 0 radical (unpaired) electrons. The maximum Gasteiger partial charge on any atom is 0.276 e. The van der Waals surface area contributed by atoms with Crippen LogP contribution in [-0.2, 0) is 104 Å². The van der Waals surface area contributed by atoms with Crippen molar-refractivity contribution in [2.75, 3.05) is 11.5 Å². The number of benzene rings is 8. The molecule has 8 aromatic carbocycles. The first kappa shape index (κ1) is 117. The van der Waals surface area contributed by atoms with E-state index in [0.717, 1.165) is 133 Å². The van der Waals surface area contributed by atoms with Crippen LogP contribution in [0.1, 0.15) is 279 Å². The number of rotatable bonds is 40. The van der Waals surface area contributed by atoms with Gasteiger partial charge in [-0.2, -0.15) is 0 Å². The first-order valence-electron chi connectivity index (χ1n) is 43.9. The van der Waals surface area contributed by atoms with Crippen molar-refractivity contribution in [1.82, 2.24) is 0 Å². The third-order valence-corrected chi connectivity index (χ3v) is 19.6. The molecule has 36 nitrogen and oxygen atoms in total. The lowest BCUT2D eigenvalue weighted by Crippen LogP contribution is -2.03. The van der Waals surface area contributed by atoms with Crippen molar-refractivity contribution >= 4 is 91.2 Å². The summed E-state index contributed by atoms with van der Waals surface area (Å²) in [5.74, 6) is 0.179. The van der Waals surface area contributed by atoms with E-state index >= 15 is 0 Å². The SMILES string of the molecule is CC(C)=NOCc1c(C(F)F)cccc1[N+](=O)[O-].CC(C)=NOCc1c(C2CC2)cccc1[N+](=O)[O-].CC(C)=NOCc1c(N)cccc1F.CCC(C)=NOCc1c(C(F)F)cccc1[N+](=O)[O-].CCC(C)=NOCc1c(C2CC2)cccc1[N+](=O)[O-].CCC(C)=NOCc1c(CC)cccc1[N+](=O)[O-].CCC(C)=NOCc1c(N)cccc1F.CCc1cccc([N+](=O)[O-])c1CON=C(C)C. The smallest absolute Gasteiger partial charge is 0.276 e. The van der Waals surface area contributed by atoms with E-state index in [2.05, 4.69) is 41.2 Å². The Morgan fingerprint density at radius 3 is 0.739 bits per heavy atom. The zero-order chi connectivity index (χ0) is 103. The van der Waals surface area contributed by atoms with Crippen LogP contribution in [0.4, 0.5) is 71.8 Å². The molecule has 0 spiro atoms. The van der Waals surface area contributed by atoms with Crippen LogP contribution in [0.5, 0.6) is 0 Å². The lowest BCUT2D eigenvalue weighted by Gasteiger charge is -2.08. The Morgan fingerprint density at radius 2 is 0.514 bits per heavy atom. The van der Waals surface area contributed by atoms with Gasteiger partial charge in [-0.25, -0.2) is 26.3 Å². The molecule has 0 aliphatic heterocycles. The molecule has 2 fully saturated rings. The fourth-order valence-corrected chi connectivity index (χ4v) is 11.7. The fraction of sp³-hybridized carbons (Fsp3) is 0.417. The molecular formula is C96H122F6N16O20. The van der Waals surface area contributed by atoms with Crippen molar-refractivity contribution in [1.29, 1.82) is 0 Å². The molecule has 748 valence electrons. The van der Waals surface area contributed by atoms with E-state index < -0.39 is 39.5 Å². The summed E-state index contributed by atoms with van der Waals surface area (Å²) in [7, 11) is 0. The third-order valence-electron chi connectivity index (χ3n) is 19.6. The number of alkyl halides is 4. The van der Waals surface area contributed by atoms with Gasteiger partial charge < -0.3 is 50.2 Å². The predicted octanol–water partition coefficient (Wildman–Crippen LogP) is 26.0. The summed E-state index contributed by atoms with van der Waals surface area (Å²) < 4.78 is 77.5. The normalized spacial score (nSPS) is 11.8. The number of nitrogen functional groups attached to an aromatic ring is 2. The number of hydrogen-bond acceptors (Lipinski definition) is 30. The van der Waals surface area contributed by atoms with E-state index in [0.29, 0.717) is 74.4 Å². The van der Waals surface area contributed by atoms with Crippen LogP contribution >= 0.6 is 0 Å². The number of nitro benzene ring substituents is 6. The Bertz CT molecular complexity index is 5370. The monoisotopic (exact) mass is 1930 g/mol. The van der Waals surface area contributed by atoms with E-state index in [1.165, 1.54) is 54.6 Å². The highest BCUT2D eigenvalue weighted by Crippen LogP contribution is 2.45. The molecule has 0 saturated heterocycles. The molecule has 0 atom stereocenters. The summed E-state index contributed by atoms with van der Waals surface area (Å²) in [6.45, 7) is 33.2. The molecule has 42 heteroatoms. The lowest BCUT2D eigenvalue weighted by molar-refractivity contribution is -0.386. The number of nitrogens with zero attached hydrogens (tertiary/aromatic N) is 14. The molecule has 0 aromatic heterocycles. The van der Waals surface area contributed by atoms with Gasteiger partial charge in [-0.3, -0.25) is 60.7 Å². The van der Waals surface area contributed by atoms with Crippen LogP contribution in [0, 0.1) is 72.3 Å². The minimum atomic E-state index is -2.80. The van der Waals surface area contributed by atoms with Crippen LogP contribution in [-0.4, -0.2) is 75.2 Å². The first-order valence-corrected chi connectivity index (χ1v) is 43.9. The number of oxime groups is 8. The van der Waals surface area contributed by atoms with Gasteiger partial charge in [0.1, 0.15) is 64.5 Å². The topological polar surface area (TPSA) is 484 Å². The molecule has 0 bridgehead atoms. The van der Waals surface area contributed by atoms with Crippen LogP contribution in [0.2, 0.25) is 0 Å². The summed E-state index contributed by atoms with van der Waals surface area (Å²) in [5, 5.41) is 95.8. The molecule has 8 aromatic rings. The minimum Gasteiger partial charge on any atom is -0.398 e. The van der Waals surface area contributed by atoms with Crippen LogP contribution in [0.25, 0.3) is 0 Å². The lowest BCUT2D eigenvalue weighted by atomic mass is 10.0. The largest absolute Gasteiger partial charge is 0.398 e. The van der Waals surface area contributed by atoms with E-state index in [-0.39, 0.29) is 124 Å². The molecular weight excluding hydrogens is 1810 g/mol. The maximum atomic E-state index is 13.2. The Labute approximate surface area is 797 Å². The Balaban J connectivity index is 0.000000406. The molecule has 2 saturated carbocycles. The van der Waals surface area contributed by atoms with Gasteiger partial charge >= 0.3 is 0 Å². The minimum absolute atomic E-state index is 0.0592. The Morgan fingerprint density at radius 1 is 0.304 bits per heavy atom. The van der Waals surface area contributed by atoms with Crippen molar-refractivity contribution in [2.45, 2.75) is 266 Å².